The van der Waals surface area contributed by atoms with E-state index in [1.54, 1.807) is 12.4 Å². The van der Waals surface area contributed by atoms with Gasteiger partial charge in [-0.05, 0) is 41.8 Å². The molecule has 14 heavy (non-hydrogen) atoms. The first-order valence-corrected chi connectivity index (χ1v) is 5.49. The Kier molecular flexibility index (Phi) is 4.90. The molecule has 0 radical (unpaired) electrons. The van der Waals surface area contributed by atoms with Gasteiger partial charge in [-0.15, -0.1) is 0 Å². The first-order chi connectivity index (χ1) is 6.72. The Labute approximate surface area is 92.7 Å². The SMILES string of the molecule is CC(CCCO)Nc1cncc(Br)c1. The summed E-state index contributed by atoms with van der Waals surface area (Å²) in [5.74, 6) is 0. The highest BCUT2D eigenvalue weighted by Gasteiger charge is 2.01. The summed E-state index contributed by atoms with van der Waals surface area (Å²) in [6.45, 7) is 2.35. The minimum atomic E-state index is 0.253. The van der Waals surface area contributed by atoms with Gasteiger partial charge >= 0.3 is 0 Å². The number of aromatic nitrogens is 1. The lowest BCUT2D eigenvalue weighted by molar-refractivity contribution is 0.282. The van der Waals surface area contributed by atoms with Crippen LogP contribution in [0.2, 0.25) is 0 Å². The molecule has 0 spiro atoms. The fourth-order valence-electron chi connectivity index (χ4n) is 1.24. The van der Waals surface area contributed by atoms with Crippen molar-refractivity contribution in [1.29, 1.82) is 0 Å². The Morgan fingerprint density at radius 1 is 1.57 bits per heavy atom. The lowest BCUT2D eigenvalue weighted by atomic mass is 10.2. The maximum absolute atomic E-state index is 8.68. The molecule has 0 saturated heterocycles. The highest BCUT2D eigenvalue weighted by Crippen LogP contribution is 2.15. The fraction of sp³-hybridized carbons (Fsp3) is 0.500. The molecule has 0 saturated carbocycles. The normalized spacial score (nSPS) is 12.5. The summed E-state index contributed by atoms with van der Waals surface area (Å²) in [4.78, 5) is 4.06. The molecular weight excluding hydrogens is 244 g/mol. The van der Waals surface area contributed by atoms with Crippen LogP contribution in [0, 0.1) is 0 Å². The van der Waals surface area contributed by atoms with E-state index in [2.05, 4.69) is 33.2 Å². The van der Waals surface area contributed by atoms with E-state index in [0.29, 0.717) is 6.04 Å². The molecule has 1 rings (SSSR count). The molecular formula is C10H15BrN2O. The summed E-state index contributed by atoms with van der Waals surface area (Å²) >= 11 is 3.36. The number of pyridine rings is 1. The van der Waals surface area contributed by atoms with Crippen LogP contribution in [0.4, 0.5) is 5.69 Å². The topological polar surface area (TPSA) is 45.1 Å². The predicted molar refractivity (Wildman–Crippen MR) is 61.3 cm³/mol. The van der Waals surface area contributed by atoms with E-state index in [9.17, 15) is 0 Å². The summed E-state index contributed by atoms with van der Waals surface area (Å²) in [5.41, 5.74) is 1.00. The maximum Gasteiger partial charge on any atom is 0.0540 e. The van der Waals surface area contributed by atoms with Crippen LogP contribution in [-0.4, -0.2) is 22.7 Å². The van der Waals surface area contributed by atoms with E-state index in [0.717, 1.165) is 23.0 Å². The summed E-state index contributed by atoms with van der Waals surface area (Å²) in [6, 6.07) is 2.35. The molecule has 0 fully saturated rings. The van der Waals surface area contributed by atoms with E-state index in [4.69, 9.17) is 5.11 Å². The van der Waals surface area contributed by atoms with Crippen LogP contribution in [0.25, 0.3) is 0 Å². The second-order valence-corrected chi connectivity index (χ2v) is 4.22. The first kappa shape index (κ1) is 11.5. The molecule has 1 heterocycles. The van der Waals surface area contributed by atoms with E-state index < -0.39 is 0 Å². The Hall–Kier alpha value is -0.610. The summed E-state index contributed by atoms with van der Waals surface area (Å²) in [7, 11) is 0. The molecule has 1 atom stereocenters. The Bertz CT molecular complexity index is 281. The lowest BCUT2D eigenvalue weighted by Gasteiger charge is -2.14. The van der Waals surface area contributed by atoms with Gasteiger partial charge in [0.25, 0.3) is 0 Å². The second kappa shape index (κ2) is 5.98. The first-order valence-electron chi connectivity index (χ1n) is 4.70. The molecule has 2 N–H and O–H groups in total. The van der Waals surface area contributed by atoms with Crippen molar-refractivity contribution in [2.24, 2.45) is 0 Å². The van der Waals surface area contributed by atoms with Gasteiger partial charge in [-0.3, -0.25) is 4.98 Å². The number of nitrogens with zero attached hydrogens (tertiary/aromatic N) is 1. The van der Waals surface area contributed by atoms with Gasteiger partial charge in [-0.1, -0.05) is 0 Å². The van der Waals surface area contributed by atoms with E-state index in [1.807, 2.05) is 6.07 Å². The Morgan fingerprint density at radius 3 is 3.00 bits per heavy atom. The standard InChI is InChI=1S/C10H15BrN2O/c1-8(3-2-4-14)13-10-5-9(11)6-12-7-10/h5-8,13-14H,2-4H2,1H3. The van der Waals surface area contributed by atoms with Crippen molar-refractivity contribution < 1.29 is 5.11 Å². The molecule has 0 amide bonds. The number of rotatable bonds is 5. The Balaban J connectivity index is 2.43. The summed E-state index contributed by atoms with van der Waals surface area (Å²) < 4.78 is 0.969. The van der Waals surface area contributed by atoms with Crippen LogP contribution in [0.3, 0.4) is 0 Å². The van der Waals surface area contributed by atoms with Crippen molar-refractivity contribution in [2.45, 2.75) is 25.8 Å². The van der Waals surface area contributed by atoms with Crippen molar-refractivity contribution in [3.63, 3.8) is 0 Å². The van der Waals surface area contributed by atoms with E-state index in [-0.39, 0.29) is 6.61 Å². The van der Waals surface area contributed by atoms with Crippen LogP contribution in [-0.2, 0) is 0 Å². The second-order valence-electron chi connectivity index (χ2n) is 3.30. The largest absolute Gasteiger partial charge is 0.396 e. The molecule has 0 aliphatic heterocycles. The minimum Gasteiger partial charge on any atom is -0.396 e. The number of aliphatic hydroxyl groups is 1. The highest BCUT2D eigenvalue weighted by molar-refractivity contribution is 9.10. The molecule has 1 aromatic rings. The highest BCUT2D eigenvalue weighted by atomic mass is 79.9. The van der Waals surface area contributed by atoms with Crippen LogP contribution in [0.5, 0.6) is 0 Å². The average molecular weight is 259 g/mol. The van der Waals surface area contributed by atoms with Crippen molar-refractivity contribution in [1.82, 2.24) is 4.98 Å². The van der Waals surface area contributed by atoms with Crippen LogP contribution in [0.15, 0.2) is 22.9 Å². The molecule has 1 unspecified atom stereocenters. The molecule has 1 aromatic heterocycles. The van der Waals surface area contributed by atoms with Crippen molar-refractivity contribution in [3.05, 3.63) is 22.9 Å². The third-order valence-electron chi connectivity index (χ3n) is 1.91. The van der Waals surface area contributed by atoms with Gasteiger partial charge < -0.3 is 10.4 Å². The van der Waals surface area contributed by atoms with Crippen molar-refractivity contribution in [2.75, 3.05) is 11.9 Å². The van der Waals surface area contributed by atoms with E-state index in [1.165, 1.54) is 0 Å². The van der Waals surface area contributed by atoms with Gasteiger partial charge in [0, 0.05) is 23.3 Å². The molecule has 0 bridgehead atoms. The zero-order chi connectivity index (χ0) is 10.4. The smallest absolute Gasteiger partial charge is 0.0540 e. The van der Waals surface area contributed by atoms with Crippen molar-refractivity contribution >= 4 is 21.6 Å². The molecule has 0 aliphatic carbocycles. The number of halogens is 1. The van der Waals surface area contributed by atoms with Crippen molar-refractivity contribution in [3.8, 4) is 0 Å². The zero-order valence-electron chi connectivity index (χ0n) is 8.20. The zero-order valence-corrected chi connectivity index (χ0v) is 9.79. The van der Waals surface area contributed by atoms with Gasteiger partial charge in [-0.25, -0.2) is 0 Å². The number of aliphatic hydroxyl groups excluding tert-OH is 1. The molecule has 3 nitrogen and oxygen atoms in total. The molecule has 4 heteroatoms. The van der Waals surface area contributed by atoms with Gasteiger partial charge in [-0.2, -0.15) is 0 Å². The number of hydrogen-bond acceptors (Lipinski definition) is 3. The van der Waals surface area contributed by atoms with E-state index >= 15 is 0 Å². The van der Waals surface area contributed by atoms with Gasteiger partial charge in [0.05, 0.1) is 11.9 Å². The average Bonchev–Trinajstić information content (AvgIpc) is 2.15. The molecule has 0 aliphatic rings. The molecule has 78 valence electrons. The summed E-state index contributed by atoms with van der Waals surface area (Å²) in [5, 5.41) is 12.0. The van der Waals surface area contributed by atoms with Crippen LogP contribution in [0.1, 0.15) is 19.8 Å². The van der Waals surface area contributed by atoms with Gasteiger partial charge in [0.1, 0.15) is 0 Å². The van der Waals surface area contributed by atoms with Crippen LogP contribution < -0.4 is 5.32 Å². The predicted octanol–water partition coefficient (Wildman–Crippen LogP) is 2.42. The minimum absolute atomic E-state index is 0.253. The molecule has 0 aromatic carbocycles. The third kappa shape index (κ3) is 4.07. The number of hydrogen-bond donors (Lipinski definition) is 2. The summed E-state index contributed by atoms with van der Waals surface area (Å²) in [6.07, 6.45) is 5.34. The quantitative estimate of drug-likeness (QED) is 0.853. The van der Waals surface area contributed by atoms with Crippen LogP contribution >= 0.6 is 15.9 Å². The Morgan fingerprint density at radius 2 is 2.36 bits per heavy atom. The van der Waals surface area contributed by atoms with Gasteiger partial charge in [0.2, 0.25) is 0 Å². The lowest BCUT2D eigenvalue weighted by Crippen LogP contribution is -2.15. The maximum atomic E-state index is 8.68. The monoisotopic (exact) mass is 258 g/mol. The fourth-order valence-corrected chi connectivity index (χ4v) is 1.61. The number of nitrogens with one attached hydrogen (secondary N) is 1. The third-order valence-corrected chi connectivity index (χ3v) is 2.35. The van der Waals surface area contributed by atoms with Gasteiger partial charge in [0.15, 0.2) is 0 Å². The number of anilines is 1.